The number of allylic oxidation sites excluding steroid dienone is 1. The number of aliphatic hydroxyl groups is 2. The van der Waals surface area contributed by atoms with Crippen molar-refractivity contribution in [3.05, 3.63) is 60.7 Å². The van der Waals surface area contributed by atoms with Crippen LogP contribution in [0.5, 0.6) is 11.5 Å². The predicted molar refractivity (Wildman–Crippen MR) is 182 cm³/mol. The van der Waals surface area contributed by atoms with Gasteiger partial charge >= 0.3 is 0 Å². The predicted octanol–water partition coefficient (Wildman–Crippen LogP) is 6.16. The van der Waals surface area contributed by atoms with Gasteiger partial charge < -0.3 is 34.2 Å². The van der Waals surface area contributed by atoms with E-state index in [4.69, 9.17) is 19.0 Å². The first-order valence-corrected chi connectivity index (χ1v) is 17.6. The van der Waals surface area contributed by atoms with Gasteiger partial charge in [-0.15, -0.1) is 6.58 Å². The maximum absolute atomic E-state index is 14.1. The van der Waals surface area contributed by atoms with Crippen molar-refractivity contribution in [2.24, 2.45) is 28.8 Å². The highest BCUT2D eigenvalue weighted by Gasteiger charge is 2.65. The van der Waals surface area contributed by atoms with Crippen molar-refractivity contribution in [1.82, 2.24) is 4.90 Å². The van der Waals surface area contributed by atoms with Crippen molar-refractivity contribution < 1.29 is 34.1 Å². The number of ether oxygens (including phenoxy) is 3. The van der Waals surface area contributed by atoms with Gasteiger partial charge in [-0.1, -0.05) is 49.7 Å². The van der Waals surface area contributed by atoms with E-state index in [-0.39, 0.29) is 55.3 Å². The molecule has 1 aromatic carbocycles. The van der Waals surface area contributed by atoms with Gasteiger partial charge in [0.15, 0.2) is 0 Å². The Morgan fingerprint density at radius 2 is 1.85 bits per heavy atom. The molecule has 9 heteroatoms. The van der Waals surface area contributed by atoms with E-state index in [1.807, 2.05) is 17.0 Å². The molecule has 258 valence electrons. The molecule has 0 aromatic heterocycles. The van der Waals surface area contributed by atoms with Crippen LogP contribution in [0, 0.1) is 23.7 Å². The summed E-state index contributed by atoms with van der Waals surface area (Å²) in [6.45, 7) is 11.4. The summed E-state index contributed by atoms with van der Waals surface area (Å²) in [4.78, 5) is 21.6. The summed E-state index contributed by atoms with van der Waals surface area (Å²) >= 11 is 0. The van der Waals surface area contributed by atoms with E-state index in [9.17, 15) is 15.0 Å². The number of amides is 1. The third-order valence-corrected chi connectivity index (χ3v) is 10.3. The van der Waals surface area contributed by atoms with E-state index >= 15 is 0 Å². The van der Waals surface area contributed by atoms with Crippen molar-refractivity contribution in [1.29, 1.82) is 0 Å². The number of fused-ring (bicyclic) bond motifs is 2. The van der Waals surface area contributed by atoms with Gasteiger partial charge in [-0.2, -0.15) is 0 Å². The van der Waals surface area contributed by atoms with Crippen molar-refractivity contribution in [3.63, 3.8) is 0 Å². The number of hydrogen-bond donors (Lipinski definition) is 2. The average molecular weight is 651 g/mol. The van der Waals surface area contributed by atoms with Crippen LogP contribution in [0.15, 0.2) is 60.3 Å². The van der Waals surface area contributed by atoms with Crippen LogP contribution in [0.2, 0.25) is 0 Å². The first kappa shape index (κ1) is 35.2. The summed E-state index contributed by atoms with van der Waals surface area (Å²) in [6.07, 6.45) is 13.9. The monoisotopic (exact) mass is 650 g/mol. The fraction of sp³-hybridized carbons (Fsp3) is 0.632. The van der Waals surface area contributed by atoms with Crippen molar-refractivity contribution in [2.75, 3.05) is 40.1 Å². The number of aliphatic hydroxyl groups excluding tert-OH is 2. The molecule has 0 spiro atoms. The molecule has 5 rings (SSSR count). The SMILES string of the molecule is C=CCOc1ccc2c(c1)C1C(CCCCO)C(CCCCO)C=C3C(=NOC)CC(N(CCC)C(=O)C4CC4)C(OCC=C)(O2)C31. The van der Waals surface area contributed by atoms with Crippen molar-refractivity contribution in [3.8, 4) is 11.5 Å². The third kappa shape index (κ3) is 7.32. The fourth-order valence-electron chi connectivity index (χ4n) is 8.23. The molecule has 6 atom stereocenters. The second-order valence-electron chi connectivity index (χ2n) is 13.4. The van der Waals surface area contributed by atoms with E-state index in [1.165, 1.54) is 0 Å². The molecule has 1 amide bonds. The Kier molecular flexibility index (Phi) is 12.2. The Bertz CT molecular complexity index is 1310. The van der Waals surface area contributed by atoms with E-state index in [0.717, 1.165) is 86.1 Å². The zero-order valence-electron chi connectivity index (χ0n) is 28.3. The summed E-state index contributed by atoms with van der Waals surface area (Å²) in [7, 11) is 1.57. The first-order valence-electron chi connectivity index (χ1n) is 17.6. The van der Waals surface area contributed by atoms with Gasteiger partial charge in [0, 0.05) is 43.6 Å². The minimum absolute atomic E-state index is 0.0301. The highest BCUT2D eigenvalue weighted by atomic mass is 16.7. The lowest BCUT2D eigenvalue weighted by Crippen LogP contribution is -2.70. The summed E-state index contributed by atoms with van der Waals surface area (Å²) in [5.74, 6) is 0.477. The number of carbonyl (C=O) groups is 1. The van der Waals surface area contributed by atoms with Crippen LogP contribution in [0.4, 0.5) is 0 Å². The maximum atomic E-state index is 14.1. The maximum Gasteiger partial charge on any atom is 0.239 e. The molecule has 2 N–H and O–H groups in total. The molecule has 47 heavy (non-hydrogen) atoms. The molecule has 6 unspecified atom stereocenters. The molecule has 2 saturated carbocycles. The van der Waals surface area contributed by atoms with Gasteiger partial charge in [0.25, 0.3) is 0 Å². The number of carbonyl (C=O) groups excluding carboxylic acids is 1. The van der Waals surface area contributed by atoms with E-state index in [0.29, 0.717) is 19.6 Å². The Labute approximate surface area is 280 Å². The summed E-state index contributed by atoms with van der Waals surface area (Å²) in [6, 6.07) is 5.57. The molecule has 0 bridgehead atoms. The zero-order chi connectivity index (χ0) is 33.4. The quantitative estimate of drug-likeness (QED) is 0.105. The Morgan fingerprint density at radius 3 is 2.51 bits per heavy atom. The van der Waals surface area contributed by atoms with Gasteiger partial charge in [-0.3, -0.25) is 4.79 Å². The Balaban J connectivity index is 1.75. The summed E-state index contributed by atoms with van der Waals surface area (Å²) in [5, 5.41) is 24.1. The molecule has 9 nitrogen and oxygen atoms in total. The molecule has 4 aliphatic rings. The summed E-state index contributed by atoms with van der Waals surface area (Å²) in [5.41, 5.74) is 2.92. The van der Waals surface area contributed by atoms with Gasteiger partial charge in [0.1, 0.15) is 31.3 Å². The number of benzene rings is 1. The lowest BCUT2D eigenvalue weighted by molar-refractivity contribution is -0.257. The largest absolute Gasteiger partial charge is 0.490 e. The van der Waals surface area contributed by atoms with Gasteiger partial charge in [-0.05, 0) is 80.6 Å². The highest BCUT2D eigenvalue weighted by Crippen LogP contribution is 2.62. The van der Waals surface area contributed by atoms with E-state index in [2.05, 4.69) is 37.4 Å². The molecule has 0 radical (unpaired) electrons. The third-order valence-electron chi connectivity index (χ3n) is 10.3. The zero-order valence-corrected chi connectivity index (χ0v) is 28.3. The molecule has 3 aliphatic carbocycles. The molecular formula is C38H54N2O7. The number of unbranched alkanes of at least 4 members (excludes halogenated alkanes) is 2. The number of nitrogens with zero attached hydrogens (tertiary/aromatic N) is 2. The lowest BCUT2D eigenvalue weighted by atomic mass is 9.55. The van der Waals surface area contributed by atoms with Crippen LogP contribution in [-0.4, -0.2) is 78.6 Å². The van der Waals surface area contributed by atoms with Crippen molar-refractivity contribution >= 4 is 11.6 Å². The molecule has 2 fully saturated rings. The van der Waals surface area contributed by atoms with E-state index in [1.54, 1.807) is 19.3 Å². The number of rotatable bonds is 19. The highest BCUT2D eigenvalue weighted by molar-refractivity contribution is 6.03. The minimum atomic E-state index is -1.20. The number of hydrogen-bond acceptors (Lipinski definition) is 8. The molecule has 1 aliphatic heterocycles. The number of oxime groups is 1. The topological polar surface area (TPSA) is 110 Å². The summed E-state index contributed by atoms with van der Waals surface area (Å²) < 4.78 is 20.2. The Morgan fingerprint density at radius 1 is 1.11 bits per heavy atom. The standard InChI is InChI=1S/C38H54N2O7/c1-5-18-40(37(43)26-14-15-26)34-25-32(39-44-4)30-23-27(12-8-10-19-41)29(13-9-11-20-42)35-31-24-28(45-21-6-2)16-17-33(31)47-38(34,36(30)35)46-22-7-3/h6-7,16-17,23-24,26-27,29,34-36,41-42H,2-3,5,8-15,18-22,25H2,1,4H3. The van der Waals surface area contributed by atoms with Crippen LogP contribution < -0.4 is 9.47 Å². The lowest BCUT2D eigenvalue weighted by Gasteiger charge is -2.60. The minimum Gasteiger partial charge on any atom is -0.490 e. The van der Waals surface area contributed by atoms with Crippen LogP contribution in [0.3, 0.4) is 0 Å². The van der Waals surface area contributed by atoms with Gasteiger partial charge in [0.2, 0.25) is 11.7 Å². The first-order chi connectivity index (χ1) is 23.0. The van der Waals surface area contributed by atoms with Crippen LogP contribution in [-0.2, 0) is 14.4 Å². The Hall–Kier alpha value is -3.14. The fourth-order valence-corrected chi connectivity index (χ4v) is 8.23. The van der Waals surface area contributed by atoms with Crippen molar-refractivity contribution in [2.45, 2.75) is 88.9 Å². The van der Waals surface area contributed by atoms with Gasteiger partial charge in [-0.25, -0.2) is 0 Å². The normalized spacial score (nSPS) is 28.4. The molecule has 1 aromatic rings. The average Bonchev–Trinajstić information content (AvgIpc) is 3.93. The molecular weight excluding hydrogens is 596 g/mol. The second-order valence-corrected chi connectivity index (χ2v) is 13.4. The second kappa shape index (κ2) is 16.3. The smallest absolute Gasteiger partial charge is 0.239 e. The van der Waals surface area contributed by atoms with Crippen LogP contribution in [0.1, 0.15) is 82.6 Å². The van der Waals surface area contributed by atoms with E-state index < -0.39 is 11.8 Å². The molecule has 0 saturated heterocycles. The van der Waals surface area contributed by atoms with Crippen LogP contribution in [0.25, 0.3) is 0 Å². The van der Waals surface area contributed by atoms with Gasteiger partial charge in [0.05, 0.1) is 18.2 Å². The van der Waals surface area contributed by atoms with Crippen LogP contribution >= 0.6 is 0 Å². The molecule has 1 heterocycles.